The third kappa shape index (κ3) is 6.62. The molecular weight excluding hydrogens is 290 g/mol. The molecular formula is C8H16N2NaO7P. The number of phosphoric acid groups is 1. The van der Waals surface area contributed by atoms with Gasteiger partial charge in [0.2, 0.25) is 11.8 Å². The number of carbonyl (C=O) groups excluding carboxylic acids is 3. The molecule has 0 radical (unpaired) electrons. The summed E-state index contributed by atoms with van der Waals surface area (Å²) in [6.07, 6.45) is 0.795. The third-order valence-electron chi connectivity index (χ3n) is 2.53. The van der Waals surface area contributed by atoms with Gasteiger partial charge in [-0.1, -0.05) is 13.8 Å². The van der Waals surface area contributed by atoms with Crippen LogP contribution < -0.4 is 10.6 Å². The number of nitrogens with one attached hydrogen (secondary N) is 2. The summed E-state index contributed by atoms with van der Waals surface area (Å²) in [5, 5.41) is 4.19. The number of urea groups is 1. The third-order valence-corrected chi connectivity index (χ3v) is 2.53. The molecule has 11 heteroatoms. The molecule has 5 N–H and O–H groups in total. The second-order valence-corrected chi connectivity index (χ2v) is 4.57. The van der Waals surface area contributed by atoms with Crippen LogP contribution in [-0.4, -0.2) is 62.1 Å². The average molecular weight is 306 g/mol. The van der Waals surface area contributed by atoms with Gasteiger partial charge >= 0.3 is 43.4 Å². The average Bonchev–Trinajstić information content (AvgIpc) is 2.15. The summed E-state index contributed by atoms with van der Waals surface area (Å²) in [4.78, 5) is 55.1. The standard InChI is InChI=1S/C8H12N2O3.Na.H3O4P.H/c1-3-8(4-2)5(11)9-7(13)10-6(8)12;;1-5(2,3)4;/h3-4H2,1-2H3,(H2,9,10,11,12,13);;(H3,1,2,3,4);. The number of rotatable bonds is 2. The van der Waals surface area contributed by atoms with Crippen LogP contribution in [0.2, 0.25) is 0 Å². The molecule has 0 atom stereocenters. The molecule has 1 heterocycles. The number of amides is 4. The van der Waals surface area contributed by atoms with E-state index >= 15 is 0 Å². The molecule has 19 heavy (non-hydrogen) atoms. The van der Waals surface area contributed by atoms with Gasteiger partial charge in [-0.3, -0.25) is 20.2 Å². The summed E-state index contributed by atoms with van der Waals surface area (Å²) in [6, 6.07) is -0.729. The Kier molecular flexibility index (Phi) is 8.97. The van der Waals surface area contributed by atoms with Crippen LogP contribution in [0, 0.1) is 5.41 Å². The van der Waals surface area contributed by atoms with Gasteiger partial charge in [0, 0.05) is 0 Å². The Balaban J connectivity index is 0. The molecule has 0 aromatic carbocycles. The van der Waals surface area contributed by atoms with E-state index in [0.717, 1.165) is 0 Å². The van der Waals surface area contributed by atoms with Gasteiger partial charge in [-0.25, -0.2) is 9.36 Å². The molecule has 106 valence electrons. The Morgan fingerprint density at radius 1 is 1.00 bits per heavy atom. The van der Waals surface area contributed by atoms with Gasteiger partial charge in [0.1, 0.15) is 5.41 Å². The van der Waals surface area contributed by atoms with Crippen molar-refractivity contribution in [3.8, 4) is 0 Å². The number of hydrogen-bond donors (Lipinski definition) is 5. The van der Waals surface area contributed by atoms with Crippen molar-refractivity contribution in [2.45, 2.75) is 26.7 Å². The molecule has 0 spiro atoms. The topological polar surface area (TPSA) is 153 Å². The van der Waals surface area contributed by atoms with E-state index in [-0.39, 0.29) is 29.6 Å². The van der Waals surface area contributed by atoms with Crippen molar-refractivity contribution in [2.75, 3.05) is 0 Å². The normalized spacial score (nSPS) is 17.4. The predicted octanol–water partition coefficient (Wildman–Crippen LogP) is -1.42. The zero-order chi connectivity index (χ0) is 14.6. The second-order valence-electron chi connectivity index (χ2n) is 3.54. The van der Waals surface area contributed by atoms with E-state index in [1.54, 1.807) is 13.8 Å². The first-order valence-electron chi connectivity index (χ1n) is 5.02. The van der Waals surface area contributed by atoms with E-state index in [1.807, 2.05) is 0 Å². The molecule has 4 amide bonds. The quantitative estimate of drug-likeness (QED) is 0.238. The number of carbonyl (C=O) groups is 3. The van der Waals surface area contributed by atoms with Crippen molar-refractivity contribution < 1.29 is 33.6 Å². The zero-order valence-electron chi connectivity index (χ0n) is 9.84. The zero-order valence-corrected chi connectivity index (χ0v) is 10.7. The summed E-state index contributed by atoms with van der Waals surface area (Å²) >= 11 is 0. The Morgan fingerprint density at radius 3 is 1.47 bits per heavy atom. The SMILES string of the molecule is CCC1(CC)C(=O)NC(=O)NC1=O.O=P(O)(O)O.[NaH]. The maximum atomic E-state index is 11.4. The van der Waals surface area contributed by atoms with E-state index in [1.165, 1.54) is 0 Å². The van der Waals surface area contributed by atoms with Gasteiger partial charge in [0.05, 0.1) is 0 Å². The van der Waals surface area contributed by atoms with Crippen molar-refractivity contribution in [3.63, 3.8) is 0 Å². The fourth-order valence-corrected chi connectivity index (χ4v) is 1.47. The summed E-state index contributed by atoms with van der Waals surface area (Å²) in [5.74, 6) is -0.988. The fraction of sp³-hybridized carbons (Fsp3) is 0.625. The number of hydrogen-bond acceptors (Lipinski definition) is 4. The van der Waals surface area contributed by atoms with Crippen molar-refractivity contribution in [1.29, 1.82) is 0 Å². The molecule has 0 aromatic heterocycles. The van der Waals surface area contributed by atoms with Crippen LogP contribution in [0.15, 0.2) is 0 Å². The Morgan fingerprint density at radius 2 is 1.26 bits per heavy atom. The summed E-state index contributed by atoms with van der Waals surface area (Å²) in [7, 11) is -4.64. The molecule has 1 aliphatic rings. The molecule has 9 nitrogen and oxygen atoms in total. The summed E-state index contributed by atoms with van der Waals surface area (Å²) in [5.41, 5.74) is -1.06. The van der Waals surface area contributed by atoms with E-state index in [0.29, 0.717) is 12.8 Å². The Hall–Kier alpha value is -0.280. The van der Waals surface area contributed by atoms with Gasteiger partial charge < -0.3 is 14.7 Å². The minimum absolute atomic E-state index is 0. The number of imide groups is 2. The van der Waals surface area contributed by atoms with Gasteiger partial charge in [-0.2, -0.15) is 0 Å². The first-order valence-corrected chi connectivity index (χ1v) is 6.58. The van der Waals surface area contributed by atoms with Crippen molar-refractivity contribution in [1.82, 2.24) is 10.6 Å². The van der Waals surface area contributed by atoms with Gasteiger partial charge in [0.15, 0.2) is 0 Å². The minimum atomic E-state index is -4.64. The monoisotopic (exact) mass is 306 g/mol. The maximum absolute atomic E-state index is 11.4. The fourth-order valence-electron chi connectivity index (χ4n) is 1.47. The Bertz CT molecular complexity index is 374. The molecule has 0 unspecified atom stereocenters. The van der Waals surface area contributed by atoms with Crippen molar-refractivity contribution in [2.24, 2.45) is 5.41 Å². The van der Waals surface area contributed by atoms with Crippen LogP contribution in [0.4, 0.5) is 4.79 Å². The van der Waals surface area contributed by atoms with Crippen LogP contribution >= 0.6 is 7.82 Å². The van der Waals surface area contributed by atoms with Gasteiger partial charge in [-0.05, 0) is 12.8 Å². The van der Waals surface area contributed by atoms with Crippen molar-refractivity contribution >= 4 is 55.2 Å². The first-order chi connectivity index (χ1) is 8.06. The van der Waals surface area contributed by atoms with E-state index in [2.05, 4.69) is 10.6 Å². The summed E-state index contributed by atoms with van der Waals surface area (Å²) < 4.78 is 8.88. The van der Waals surface area contributed by atoms with Crippen LogP contribution in [0.25, 0.3) is 0 Å². The van der Waals surface area contributed by atoms with Gasteiger partial charge in [0.25, 0.3) is 0 Å². The van der Waals surface area contributed by atoms with Crippen LogP contribution in [0.5, 0.6) is 0 Å². The first kappa shape index (κ1) is 21.0. The molecule has 1 rings (SSSR count). The van der Waals surface area contributed by atoms with Gasteiger partial charge in [-0.15, -0.1) is 0 Å². The van der Waals surface area contributed by atoms with E-state index < -0.39 is 31.1 Å². The van der Waals surface area contributed by atoms with Crippen LogP contribution in [-0.2, 0) is 14.2 Å². The molecule has 1 aliphatic heterocycles. The molecule has 1 fully saturated rings. The molecule has 0 saturated carbocycles. The second kappa shape index (κ2) is 8.11. The van der Waals surface area contributed by atoms with E-state index in [9.17, 15) is 14.4 Å². The van der Waals surface area contributed by atoms with Crippen LogP contribution in [0.1, 0.15) is 26.7 Å². The molecule has 0 aromatic rings. The van der Waals surface area contributed by atoms with Crippen LogP contribution in [0.3, 0.4) is 0 Å². The number of barbiturate groups is 1. The predicted molar refractivity (Wildman–Crippen MR) is 66.1 cm³/mol. The van der Waals surface area contributed by atoms with Crippen molar-refractivity contribution in [3.05, 3.63) is 0 Å². The molecule has 1 saturated heterocycles. The Labute approximate surface area is 131 Å². The van der Waals surface area contributed by atoms with E-state index in [4.69, 9.17) is 19.2 Å². The summed E-state index contributed by atoms with van der Waals surface area (Å²) in [6.45, 7) is 3.50. The molecule has 0 aliphatic carbocycles. The molecule has 0 bridgehead atoms.